The number of nitrogens with zero attached hydrogens (tertiary/aromatic N) is 4. The van der Waals surface area contributed by atoms with Crippen molar-refractivity contribution >= 4 is 5.82 Å². The summed E-state index contributed by atoms with van der Waals surface area (Å²) in [6, 6.07) is 0.740. The van der Waals surface area contributed by atoms with Crippen molar-refractivity contribution in [3.63, 3.8) is 0 Å². The number of nitrogens with one attached hydrogen (secondary N) is 1. The van der Waals surface area contributed by atoms with Gasteiger partial charge in [-0.1, -0.05) is 5.21 Å². The Morgan fingerprint density at radius 2 is 2.11 bits per heavy atom. The molecule has 0 spiro atoms. The molecule has 0 amide bonds. The molecule has 100 valence electrons. The van der Waals surface area contributed by atoms with Gasteiger partial charge in [-0.15, -0.1) is 5.10 Å². The maximum Gasteiger partial charge on any atom is 0.147 e. The first kappa shape index (κ1) is 12.0. The van der Waals surface area contributed by atoms with Crippen LogP contribution in [0.3, 0.4) is 0 Å². The number of anilines is 1. The van der Waals surface area contributed by atoms with Crippen molar-refractivity contribution in [1.82, 2.24) is 20.3 Å². The van der Waals surface area contributed by atoms with Gasteiger partial charge in [0.1, 0.15) is 5.82 Å². The minimum Gasteiger partial charge on any atom is -0.352 e. The van der Waals surface area contributed by atoms with Gasteiger partial charge < -0.3 is 10.2 Å². The molecule has 0 aromatic carbocycles. The molecule has 0 atom stereocenters. The van der Waals surface area contributed by atoms with Gasteiger partial charge in [-0.05, 0) is 51.6 Å². The van der Waals surface area contributed by atoms with Gasteiger partial charge in [0.15, 0.2) is 0 Å². The van der Waals surface area contributed by atoms with Gasteiger partial charge in [0.2, 0.25) is 0 Å². The Balaban J connectivity index is 1.71. The summed E-state index contributed by atoms with van der Waals surface area (Å²) in [5.74, 6) is 2.05. The zero-order valence-corrected chi connectivity index (χ0v) is 11.2. The summed E-state index contributed by atoms with van der Waals surface area (Å²) in [7, 11) is 0. The fourth-order valence-electron chi connectivity index (χ4n) is 2.86. The highest BCUT2D eigenvalue weighted by Crippen LogP contribution is 2.32. The quantitative estimate of drug-likeness (QED) is 0.853. The number of piperidine rings is 1. The van der Waals surface area contributed by atoms with Crippen molar-refractivity contribution in [1.29, 1.82) is 0 Å². The zero-order valence-electron chi connectivity index (χ0n) is 11.2. The lowest BCUT2D eigenvalue weighted by Gasteiger charge is -2.31. The van der Waals surface area contributed by atoms with Crippen molar-refractivity contribution in [2.45, 2.75) is 45.2 Å². The lowest BCUT2D eigenvalue weighted by molar-refractivity contribution is 0.370. The molecule has 5 heteroatoms. The Labute approximate surface area is 109 Å². The summed E-state index contributed by atoms with van der Waals surface area (Å²) >= 11 is 0. The fourth-order valence-corrected chi connectivity index (χ4v) is 2.86. The van der Waals surface area contributed by atoms with Crippen molar-refractivity contribution in [3.8, 4) is 0 Å². The van der Waals surface area contributed by atoms with Crippen LogP contribution < -0.4 is 10.2 Å². The van der Waals surface area contributed by atoms with Crippen LogP contribution in [0.2, 0.25) is 0 Å². The van der Waals surface area contributed by atoms with Crippen LogP contribution in [0.15, 0.2) is 6.20 Å². The monoisotopic (exact) mass is 249 g/mol. The minimum atomic E-state index is 0.740. The van der Waals surface area contributed by atoms with Crippen LogP contribution in [0.5, 0.6) is 0 Å². The molecule has 2 fully saturated rings. The predicted octanol–water partition coefficient (Wildman–Crippen LogP) is 1.27. The number of aryl methyl sites for hydroxylation is 1. The molecule has 1 aromatic heterocycles. The SMILES string of the molecule is CCn1nncc1N(CC1CCNCC1)C1CC1. The molecule has 2 aliphatic rings. The van der Waals surface area contributed by atoms with Crippen LogP contribution in [-0.2, 0) is 6.54 Å². The second-order valence-corrected chi connectivity index (χ2v) is 5.48. The molecule has 5 nitrogen and oxygen atoms in total. The van der Waals surface area contributed by atoms with Crippen LogP contribution >= 0.6 is 0 Å². The van der Waals surface area contributed by atoms with E-state index in [4.69, 9.17) is 0 Å². The summed E-state index contributed by atoms with van der Waals surface area (Å²) < 4.78 is 2.03. The second kappa shape index (κ2) is 5.26. The van der Waals surface area contributed by atoms with E-state index in [0.29, 0.717) is 0 Å². The average molecular weight is 249 g/mol. The Bertz CT molecular complexity index is 378. The molecule has 0 unspecified atom stereocenters. The summed E-state index contributed by atoms with van der Waals surface area (Å²) in [5.41, 5.74) is 0. The summed E-state index contributed by atoms with van der Waals surface area (Å²) in [6.45, 7) is 6.57. The predicted molar refractivity (Wildman–Crippen MR) is 71.7 cm³/mol. The van der Waals surface area contributed by atoms with Gasteiger partial charge in [0.05, 0.1) is 6.20 Å². The number of hydrogen-bond donors (Lipinski definition) is 1. The van der Waals surface area contributed by atoms with E-state index < -0.39 is 0 Å². The van der Waals surface area contributed by atoms with Crippen molar-refractivity contribution < 1.29 is 0 Å². The lowest BCUT2D eigenvalue weighted by atomic mass is 9.97. The van der Waals surface area contributed by atoms with Gasteiger partial charge in [-0.25, -0.2) is 4.68 Å². The molecule has 1 aromatic rings. The van der Waals surface area contributed by atoms with Crippen LogP contribution in [0.25, 0.3) is 0 Å². The van der Waals surface area contributed by atoms with E-state index in [0.717, 1.165) is 18.5 Å². The van der Waals surface area contributed by atoms with Gasteiger partial charge in [-0.2, -0.15) is 0 Å². The molecule has 2 heterocycles. The van der Waals surface area contributed by atoms with Crippen LogP contribution in [0.4, 0.5) is 5.82 Å². The zero-order chi connectivity index (χ0) is 12.4. The largest absolute Gasteiger partial charge is 0.352 e. The molecule has 1 aliphatic carbocycles. The second-order valence-electron chi connectivity index (χ2n) is 5.48. The van der Waals surface area contributed by atoms with E-state index in [9.17, 15) is 0 Å². The smallest absolute Gasteiger partial charge is 0.147 e. The van der Waals surface area contributed by atoms with E-state index in [1.54, 1.807) is 0 Å². The summed E-state index contributed by atoms with van der Waals surface area (Å²) in [6.07, 6.45) is 7.20. The molecule has 0 radical (unpaired) electrons. The first-order valence-corrected chi connectivity index (χ1v) is 7.24. The third-order valence-corrected chi connectivity index (χ3v) is 4.09. The molecule has 3 rings (SSSR count). The highest BCUT2D eigenvalue weighted by Gasteiger charge is 2.33. The summed E-state index contributed by atoms with van der Waals surface area (Å²) in [5, 5.41) is 11.7. The van der Waals surface area contributed by atoms with Crippen LogP contribution in [0, 0.1) is 5.92 Å². The number of hydrogen-bond acceptors (Lipinski definition) is 4. The minimum absolute atomic E-state index is 0.740. The molecule has 0 bridgehead atoms. The highest BCUT2D eigenvalue weighted by molar-refractivity contribution is 5.39. The molecule has 1 aliphatic heterocycles. The highest BCUT2D eigenvalue weighted by atomic mass is 15.5. The fraction of sp³-hybridized carbons (Fsp3) is 0.846. The Hall–Kier alpha value is -1.10. The molecule has 18 heavy (non-hydrogen) atoms. The van der Waals surface area contributed by atoms with Crippen LogP contribution in [0.1, 0.15) is 32.6 Å². The van der Waals surface area contributed by atoms with E-state index in [1.165, 1.54) is 51.1 Å². The number of rotatable bonds is 5. The Kier molecular flexibility index (Phi) is 3.50. The first-order valence-electron chi connectivity index (χ1n) is 7.24. The number of aromatic nitrogens is 3. The third kappa shape index (κ3) is 2.51. The molecule has 1 saturated carbocycles. The van der Waals surface area contributed by atoms with E-state index in [1.807, 2.05) is 10.9 Å². The van der Waals surface area contributed by atoms with Crippen molar-refractivity contribution in [2.75, 3.05) is 24.5 Å². The first-order chi connectivity index (χ1) is 8.88. The third-order valence-electron chi connectivity index (χ3n) is 4.09. The van der Waals surface area contributed by atoms with Gasteiger partial charge in [0, 0.05) is 19.1 Å². The van der Waals surface area contributed by atoms with E-state index >= 15 is 0 Å². The van der Waals surface area contributed by atoms with Gasteiger partial charge >= 0.3 is 0 Å². The summed E-state index contributed by atoms with van der Waals surface area (Å²) in [4.78, 5) is 2.56. The van der Waals surface area contributed by atoms with Gasteiger partial charge in [-0.3, -0.25) is 0 Å². The average Bonchev–Trinajstić information content (AvgIpc) is 3.14. The topological polar surface area (TPSA) is 46.0 Å². The Morgan fingerprint density at radius 3 is 2.78 bits per heavy atom. The normalized spacial score (nSPS) is 21.2. The maximum atomic E-state index is 4.17. The van der Waals surface area contributed by atoms with Crippen LogP contribution in [-0.4, -0.2) is 40.7 Å². The standard InChI is InChI=1S/C13H23N5/c1-2-18-13(9-15-16-18)17(12-3-4-12)10-11-5-7-14-8-6-11/h9,11-12,14H,2-8,10H2,1H3. The lowest BCUT2D eigenvalue weighted by Crippen LogP contribution is -2.38. The van der Waals surface area contributed by atoms with E-state index in [2.05, 4.69) is 27.5 Å². The molecule has 1 saturated heterocycles. The van der Waals surface area contributed by atoms with E-state index in [-0.39, 0.29) is 0 Å². The van der Waals surface area contributed by atoms with Gasteiger partial charge in [0.25, 0.3) is 0 Å². The maximum absolute atomic E-state index is 4.17. The molecular formula is C13H23N5. The molecular weight excluding hydrogens is 226 g/mol. The molecule has 1 N–H and O–H groups in total. The van der Waals surface area contributed by atoms with Crippen molar-refractivity contribution in [3.05, 3.63) is 6.20 Å². The van der Waals surface area contributed by atoms with Crippen molar-refractivity contribution in [2.24, 2.45) is 5.92 Å². The Morgan fingerprint density at radius 1 is 1.33 bits per heavy atom.